The molecule has 1 heterocycles. The summed E-state index contributed by atoms with van der Waals surface area (Å²) in [4.78, 5) is 12.4. The van der Waals surface area contributed by atoms with Gasteiger partial charge in [-0.05, 0) is 61.6 Å². The molecule has 0 bridgehead atoms. The highest BCUT2D eigenvalue weighted by Gasteiger charge is 2.23. The van der Waals surface area contributed by atoms with Gasteiger partial charge in [0, 0.05) is 11.4 Å². The molecule has 1 atom stereocenters. The predicted octanol–water partition coefficient (Wildman–Crippen LogP) is 3.67. The van der Waals surface area contributed by atoms with Crippen molar-refractivity contribution in [3.8, 4) is 0 Å². The third kappa shape index (κ3) is 3.07. The third-order valence-corrected chi connectivity index (χ3v) is 3.86. The molecule has 1 aliphatic heterocycles. The second-order valence-corrected chi connectivity index (χ2v) is 5.76. The van der Waals surface area contributed by atoms with Gasteiger partial charge in [0.1, 0.15) is 6.04 Å². The van der Waals surface area contributed by atoms with Crippen molar-refractivity contribution in [2.75, 3.05) is 10.6 Å². The van der Waals surface area contributed by atoms with E-state index in [1.54, 1.807) is 0 Å². The first-order chi connectivity index (χ1) is 10.1. The Bertz CT molecular complexity index is 658. The number of aryl methyl sites for hydroxylation is 3. The van der Waals surface area contributed by atoms with E-state index in [0.29, 0.717) is 0 Å². The highest BCUT2D eigenvalue weighted by atomic mass is 16.2. The number of hydrogen-bond acceptors (Lipinski definition) is 2. The van der Waals surface area contributed by atoms with Gasteiger partial charge in [0.25, 0.3) is 0 Å². The van der Waals surface area contributed by atoms with Crippen molar-refractivity contribution in [1.82, 2.24) is 0 Å². The van der Waals surface area contributed by atoms with E-state index >= 15 is 0 Å². The number of benzene rings is 2. The molecular formula is C18H20N2O. The molecule has 108 valence electrons. The molecule has 1 amide bonds. The lowest BCUT2D eigenvalue weighted by molar-refractivity contribution is -0.116. The van der Waals surface area contributed by atoms with E-state index in [9.17, 15) is 4.79 Å². The quantitative estimate of drug-likeness (QED) is 0.881. The minimum absolute atomic E-state index is 0.0408. The van der Waals surface area contributed by atoms with Gasteiger partial charge in [-0.15, -0.1) is 0 Å². The SMILES string of the molecule is Cc1cc(C)cc(NC2CCc3ccccc3NC2=O)c1. The normalized spacial score (nSPS) is 17.6. The van der Waals surface area contributed by atoms with Crippen LogP contribution < -0.4 is 10.6 Å². The van der Waals surface area contributed by atoms with Gasteiger partial charge < -0.3 is 10.6 Å². The Morgan fingerprint density at radius 3 is 2.57 bits per heavy atom. The molecule has 0 radical (unpaired) electrons. The Balaban J connectivity index is 1.79. The van der Waals surface area contributed by atoms with Crippen LogP contribution in [0.4, 0.5) is 11.4 Å². The second-order valence-electron chi connectivity index (χ2n) is 5.76. The Labute approximate surface area is 125 Å². The highest BCUT2D eigenvalue weighted by molar-refractivity contribution is 5.97. The first-order valence-electron chi connectivity index (χ1n) is 7.35. The Morgan fingerprint density at radius 1 is 1.10 bits per heavy atom. The fourth-order valence-corrected chi connectivity index (χ4v) is 2.91. The standard InChI is InChI=1S/C18H20N2O/c1-12-9-13(2)11-15(10-12)19-17-8-7-14-5-3-4-6-16(14)20-18(17)21/h3-6,9-11,17,19H,7-8H2,1-2H3,(H,20,21). The van der Waals surface area contributed by atoms with E-state index in [1.807, 2.05) is 18.2 Å². The lowest BCUT2D eigenvalue weighted by Crippen LogP contribution is -2.33. The van der Waals surface area contributed by atoms with Crippen molar-refractivity contribution >= 4 is 17.3 Å². The number of rotatable bonds is 2. The average molecular weight is 280 g/mol. The zero-order valence-electron chi connectivity index (χ0n) is 12.4. The Kier molecular flexibility index (Phi) is 3.65. The van der Waals surface area contributed by atoms with Crippen LogP contribution in [-0.2, 0) is 11.2 Å². The fourth-order valence-electron chi connectivity index (χ4n) is 2.91. The molecule has 3 nitrogen and oxygen atoms in total. The van der Waals surface area contributed by atoms with Crippen molar-refractivity contribution in [3.05, 3.63) is 59.2 Å². The zero-order valence-corrected chi connectivity index (χ0v) is 12.4. The molecule has 0 aliphatic carbocycles. The number of carbonyl (C=O) groups is 1. The first kappa shape index (κ1) is 13.7. The molecule has 3 rings (SSSR count). The minimum atomic E-state index is -0.196. The summed E-state index contributed by atoms with van der Waals surface area (Å²) in [7, 11) is 0. The van der Waals surface area contributed by atoms with Gasteiger partial charge in [-0.3, -0.25) is 4.79 Å². The summed E-state index contributed by atoms with van der Waals surface area (Å²) in [6.07, 6.45) is 1.70. The maximum absolute atomic E-state index is 12.4. The maximum atomic E-state index is 12.4. The molecule has 0 spiro atoms. The van der Waals surface area contributed by atoms with Gasteiger partial charge in [-0.2, -0.15) is 0 Å². The smallest absolute Gasteiger partial charge is 0.246 e. The largest absolute Gasteiger partial charge is 0.374 e. The predicted molar refractivity (Wildman–Crippen MR) is 86.7 cm³/mol. The molecular weight excluding hydrogens is 260 g/mol. The van der Waals surface area contributed by atoms with Crippen LogP contribution in [0, 0.1) is 13.8 Å². The summed E-state index contributed by atoms with van der Waals surface area (Å²) in [6, 6.07) is 14.1. The summed E-state index contributed by atoms with van der Waals surface area (Å²) in [5.41, 5.74) is 5.56. The molecule has 2 N–H and O–H groups in total. The van der Waals surface area contributed by atoms with Crippen LogP contribution in [0.25, 0.3) is 0 Å². The Hall–Kier alpha value is -2.29. The molecule has 1 aliphatic rings. The summed E-state index contributed by atoms with van der Waals surface area (Å²) in [5, 5.41) is 6.40. The highest BCUT2D eigenvalue weighted by Crippen LogP contribution is 2.23. The number of nitrogens with one attached hydrogen (secondary N) is 2. The molecule has 0 aromatic heterocycles. The number of fused-ring (bicyclic) bond motifs is 1. The van der Waals surface area contributed by atoms with Gasteiger partial charge >= 0.3 is 0 Å². The molecule has 3 heteroatoms. The topological polar surface area (TPSA) is 41.1 Å². The summed E-state index contributed by atoms with van der Waals surface area (Å²) in [5.74, 6) is 0.0408. The number of hydrogen-bond donors (Lipinski definition) is 2. The minimum Gasteiger partial charge on any atom is -0.374 e. The van der Waals surface area contributed by atoms with Crippen LogP contribution in [0.3, 0.4) is 0 Å². The van der Waals surface area contributed by atoms with Crippen LogP contribution in [-0.4, -0.2) is 11.9 Å². The van der Waals surface area contributed by atoms with Gasteiger partial charge in [0.05, 0.1) is 0 Å². The van der Waals surface area contributed by atoms with E-state index in [0.717, 1.165) is 24.2 Å². The number of carbonyl (C=O) groups excluding carboxylic acids is 1. The molecule has 0 fully saturated rings. The second kappa shape index (κ2) is 5.60. The van der Waals surface area contributed by atoms with E-state index in [4.69, 9.17) is 0 Å². The van der Waals surface area contributed by atoms with Crippen LogP contribution in [0.15, 0.2) is 42.5 Å². The molecule has 0 saturated heterocycles. The molecule has 21 heavy (non-hydrogen) atoms. The number of para-hydroxylation sites is 1. The van der Waals surface area contributed by atoms with E-state index in [1.165, 1.54) is 16.7 Å². The monoisotopic (exact) mass is 280 g/mol. The third-order valence-electron chi connectivity index (χ3n) is 3.86. The van der Waals surface area contributed by atoms with Gasteiger partial charge in [0.2, 0.25) is 5.91 Å². The van der Waals surface area contributed by atoms with Gasteiger partial charge in [0.15, 0.2) is 0 Å². The van der Waals surface area contributed by atoms with Crippen molar-refractivity contribution in [1.29, 1.82) is 0 Å². The van der Waals surface area contributed by atoms with Crippen LogP contribution >= 0.6 is 0 Å². The molecule has 2 aromatic carbocycles. The maximum Gasteiger partial charge on any atom is 0.246 e. The van der Waals surface area contributed by atoms with E-state index in [-0.39, 0.29) is 11.9 Å². The lowest BCUT2D eigenvalue weighted by atomic mass is 10.1. The van der Waals surface area contributed by atoms with Crippen molar-refractivity contribution in [2.45, 2.75) is 32.7 Å². The van der Waals surface area contributed by atoms with Gasteiger partial charge in [-0.1, -0.05) is 24.3 Å². The summed E-state index contributed by atoms with van der Waals surface area (Å²) < 4.78 is 0. The van der Waals surface area contributed by atoms with Crippen molar-refractivity contribution in [2.24, 2.45) is 0 Å². The van der Waals surface area contributed by atoms with Crippen molar-refractivity contribution in [3.63, 3.8) is 0 Å². The summed E-state index contributed by atoms with van der Waals surface area (Å²) in [6.45, 7) is 4.14. The van der Waals surface area contributed by atoms with Crippen LogP contribution in [0.5, 0.6) is 0 Å². The number of amides is 1. The fraction of sp³-hybridized carbons (Fsp3) is 0.278. The zero-order chi connectivity index (χ0) is 14.8. The number of anilines is 2. The average Bonchev–Trinajstić information content (AvgIpc) is 2.58. The van der Waals surface area contributed by atoms with Crippen molar-refractivity contribution < 1.29 is 4.79 Å². The summed E-state index contributed by atoms with van der Waals surface area (Å²) >= 11 is 0. The lowest BCUT2D eigenvalue weighted by Gasteiger charge is -2.17. The van der Waals surface area contributed by atoms with Crippen LogP contribution in [0.2, 0.25) is 0 Å². The molecule has 2 aromatic rings. The molecule has 1 unspecified atom stereocenters. The van der Waals surface area contributed by atoms with Crippen LogP contribution in [0.1, 0.15) is 23.1 Å². The Morgan fingerprint density at radius 2 is 1.81 bits per heavy atom. The molecule has 0 saturated carbocycles. The van der Waals surface area contributed by atoms with E-state index in [2.05, 4.69) is 48.7 Å². The first-order valence-corrected chi connectivity index (χ1v) is 7.35. The van der Waals surface area contributed by atoms with Gasteiger partial charge in [-0.25, -0.2) is 0 Å². The van der Waals surface area contributed by atoms with E-state index < -0.39 is 0 Å².